The number of halogens is 4. The van der Waals surface area contributed by atoms with Gasteiger partial charge in [0.1, 0.15) is 6.33 Å². The Morgan fingerprint density at radius 2 is 1.94 bits per heavy atom. The monoisotopic (exact) mass is 278 g/mol. The van der Waals surface area contributed by atoms with Gasteiger partial charge in [0.25, 0.3) is 0 Å². The summed E-state index contributed by atoms with van der Waals surface area (Å²) in [5, 5.41) is 7.43. The molecule has 0 saturated heterocycles. The van der Waals surface area contributed by atoms with Crippen molar-refractivity contribution in [1.29, 1.82) is 0 Å². The maximum absolute atomic E-state index is 12.6. The average Bonchev–Trinajstić information content (AvgIpc) is 2.72. The topological polar surface area (TPSA) is 56.7 Å². The summed E-state index contributed by atoms with van der Waals surface area (Å²) in [6.45, 7) is -2.76. The summed E-state index contributed by atoms with van der Waals surface area (Å²) in [5.74, 6) is -0.0617. The summed E-state index contributed by atoms with van der Waals surface area (Å²) in [7, 11) is 0. The Morgan fingerprint density at radius 1 is 1.24 bits per heavy atom. The number of hydrogen-bond acceptors (Lipinski definition) is 3. The van der Waals surface area contributed by atoms with Crippen molar-refractivity contribution in [2.75, 3.05) is 5.73 Å². The first-order chi connectivity index (χ1) is 8.00. The molecule has 8 heteroatoms. The van der Waals surface area contributed by atoms with E-state index >= 15 is 0 Å². The summed E-state index contributed by atoms with van der Waals surface area (Å²) < 4.78 is 25.9. The highest BCUT2D eigenvalue weighted by atomic mass is 35.5. The van der Waals surface area contributed by atoms with Gasteiger partial charge in [-0.2, -0.15) is 8.78 Å². The molecule has 0 aliphatic carbocycles. The van der Waals surface area contributed by atoms with Gasteiger partial charge in [-0.25, -0.2) is 0 Å². The van der Waals surface area contributed by atoms with E-state index < -0.39 is 6.55 Å². The van der Waals surface area contributed by atoms with Crippen molar-refractivity contribution in [3.05, 3.63) is 28.5 Å². The maximum Gasteiger partial charge on any atom is 0.321 e. The molecule has 0 aliphatic heterocycles. The van der Waals surface area contributed by atoms with Gasteiger partial charge in [-0.15, -0.1) is 10.2 Å². The maximum atomic E-state index is 12.6. The molecule has 0 atom stereocenters. The van der Waals surface area contributed by atoms with Crippen molar-refractivity contribution in [3.63, 3.8) is 0 Å². The minimum atomic E-state index is -2.76. The standard InChI is InChI=1S/C9H6Cl2F2N4/c10-5-2-6(11)7(14)1-4(5)8-16-15-3-17(8)9(12)13/h1-3,9H,14H2. The van der Waals surface area contributed by atoms with Crippen LogP contribution >= 0.6 is 23.2 Å². The molecular formula is C9H6Cl2F2N4. The number of aromatic nitrogens is 3. The molecule has 90 valence electrons. The molecule has 0 bridgehead atoms. The van der Waals surface area contributed by atoms with Gasteiger partial charge in [-0.1, -0.05) is 23.2 Å². The minimum absolute atomic E-state index is 0.0617. The van der Waals surface area contributed by atoms with E-state index in [1.807, 2.05) is 0 Å². The first-order valence-electron chi connectivity index (χ1n) is 4.43. The molecule has 0 aliphatic rings. The van der Waals surface area contributed by atoms with Crippen LogP contribution in [0.4, 0.5) is 14.5 Å². The van der Waals surface area contributed by atoms with Crippen molar-refractivity contribution in [2.24, 2.45) is 0 Å². The third-order valence-corrected chi connectivity index (χ3v) is 2.75. The highest BCUT2D eigenvalue weighted by molar-refractivity contribution is 6.37. The van der Waals surface area contributed by atoms with Crippen LogP contribution in [0.1, 0.15) is 6.55 Å². The summed E-state index contributed by atoms with van der Waals surface area (Å²) in [6, 6.07) is 2.76. The van der Waals surface area contributed by atoms with Gasteiger partial charge in [0.05, 0.1) is 15.7 Å². The zero-order valence-electron chi connectivity index (χ0n) is 8.24. The van der Waals surface area contributed by atoms with Gasteiger partial charge in [0, 0.05) is 5.56 Å². The highest BCUT2D eigenvalue weighted by Crippen LogP contribution is 2.34. The van der Waals surface area contributed by atoms with Gasteiger partial charge in [-0.3, -0.25) is 4.57 Å². The van der Waals surface area contributed by atoms with E-state index in [0.717, 1.165) is 6.33 Å². The van der Waals surface area contributed by atoms with Crippen LogP contribution in [0.5, 0.6) is 0 Å². The number of hydrogen-bond donors (Lipinski definition) is 1. The van der Waals surface area contributed by atoms with Crippen LogP contribution in [-0.4, -0.2) is 14.8 Å². The lowest BCUT2D eigenvalue weighted by molar-refractivity contribution is 0.0716. The lowest BCUT2D eigenvalue weighted by Gasteiger charge is -2.08. The van der Waals surface area contributed by atoms with Gasteiger partial charge in [-0.05, 0) is 12.1 Å². The van der Waals surface area contributed by atoms with E-state index in [9.17, 15) is 8.78 Å². The van der Waals surface area contributed by atoms with Gasteiger partial charge in [0.15, 0.2) is 5.82 Å². The number of alkyl halides is 2. The molecule has 4 nitrogen and oxygen atoms in total. The molecular weight excluding hydrogens is 273 g/mol. The Balaban J connectivity index is 2.60. The zero-order valence-corrected chi connectivity index (χ0v) is 9.75. The third kappa shape index (κ3) is 2.18. The molecule has 2 N–H and O–H groups in total. The van der Waals surface area contributed by atoms with Gasteiger partial charge < -0.3 is 5.73 Å². The first kappa shape index (κ1) is 12.1. The van der Waals surface area contributed by atoms with Crippen molar-refractivity contribution in [1.82, 2.24) is 14.8 Å². The van der Waals surface area contributed by atoms with E-state index in [2.05, 4.69) is 10.2 Å². The number of nitrogens with zero attached hydrogens (tertiary/aromatic N) is 3. The summed E-state index contributed by atoms with van der Waals surface area (Å²) in [5.41, 5.74) is 6.07. The fraction of sp³-hybridized carbons (Fsp3) is 0.111. The fourth-order valence-electron chi connectivity index (χ4n) is 1.32. The number of benzene rings is 1. The number of nitrogens with two attached hydrogens (primary N) is 1. The first-order valence-corrected chi connectivity index (χ1v) is 5.19. The van der Waals surface area contributed by atoms with E-state index in [1.165, 1.54) is 12.1 Å². The van der Waals surface area contributed by atoms with Crippen molar-refractivity contribution < 1.29 is 8.78 Å². The summed E-state index contributed by atoms with van der Waals surface area (Å²) in [4.78, 5) is 0. The number of rotatable bonds is 2. The molecule has 2 aromatic rings. The second kappa shape index (κ2) is 4.46. The third-order valence-electron chi connectivity index (χ3n) is 2.11. The van der Waals surface area contributed by atoms with Crippen LogP contribution in [0, 0.1) is 0 Å². The summed E-state index contributed by atoms with van der Waals surface area (Å²) in [6.07, 6.45) is 0.918. The second-order valence-electron chi connectivity index (χ2n) is 3.19. The quantitative estimate of drug-likeness (QED) is 0.858. The molecule has 0 unspecified atom stereocenters. The molecule has 0 spiro atoms. The molecule has 17 heavy (non-hydrogen) atoms. The van der Waals surface area contributed by atoms with Crippen LogP contribution in [0.15, 0.2) is 18.5 Å². The zero-order chi connectivity index (χ0) is 12.6. The number of anilines is 1. The lowest BCUT2D eigenvalue weighted by atomic mass is 10.2. The molecule has 0 radical (unpaired) electrons. The van der Waals surface area contributed by atoms with Crippen LogP contribution in [0.2, 0.25) is 10.0 Å². The Bertz CT molecular complexity index is 556. The Morgan fingerprint density at radius 3 is 2.59 bits per heavy atom. The van der Waals surface area contributed by atoms with E-state index in [-0.39, 0.29) is 27.1 Å². The Kier molecular flexibility index (Phi) is 3.17. The number of nitrogen functional groups attached to an aromatic ring is 1. The van der Waals surface area contributed by atoms with E-state index in [0.29, 0.717) is 4.57 Å². The molecule has 0 saturated carbocycles. The van der Waals surface area contributed by atoms with Crippen molar-refractivity contribution >= 4 is 28.9 Å². The molecule has 1 heterocycles. The summed E-state index contributed by atoms with van der Waals surface area (Å²) >= 11 is 11.7. The molecule has 2 rings (SSSR count). The molecule has 1 aromatic heterocycles. The van der Waals surface area contributed by atoms with Crippen molar-refractivity contribution in [3.8, 4) is 11.4 Å². The minimum Gasteiger partial charge on any atom is -0.398 e. The van der Waals surface area contributed by atoms with E-state index in [4.69, 9.17) is 28.9 Å². The van der Waals surface area contributed by atoms with Crippen LogP contribution < -0.4 is 5.73 Å². The molecule has 0 fully saturated rings. The Labute approximate surface area is 105 Å². The molecule has 0 amide bonds. The molecule has 1 aromatic carbocycles. The normalized spacial score (nSPS) is 11.1. The predicted octanol–water partition coefficient (Wildman–Crippen LogP) is 3.23. The van der Waals surface area contributed by atoms with Gasteiger partial charge >= 0.3 is 6.55 Å². The predicted molar refractivity (Wildman–Crippen MR) is 61.1 cm³/mol. The lowest BCUT2D eigenvalue weighted by Crippen LogP contribution is -2.00. The Hall–Kier alpha value is -1.40. The highest BCUT2D eigenvalue weighted by Gasteiger charge is 2.17. The fourth-order valence-corrected chi connectivity index (χ4v) is 1.78. The van der Waals surface area contributed by atoms with Crippen molar-refractivity contribution in [2.45, 2.75) is 6.55 Å². The van der Waals surface area contributed by atoms with Crippen LogP contribution in [-0.2, 0) is 0 Å². The van der Waals surface area contributed by atoms with Crippen LogP contribution in [0.25, 0.3) is 11.4 Å². The largest absolute Gasteiger partial charge is 0.398 e. The smallest absolute Gasteiger partial charge is 0.321 e. The SMILES string of the molecule is Nc1cc(-c2nncn2C(F)F)c(Cl)cc1Cl. The van der Waals surface area contributed by atoms with E-state index in [1.54, 1.807) is 0 Å². The van der Waals surface area contributed by atoms with Crippen LogP contribution in [0.3, 0.4) is 0 Å². The second-order valence-corrected chi connectivity index (χ2v) is 4.01. The average molecular weight is 279 g/mol. The van der Waals surface area contributed by atoms with Gasteiger partial charge in [0.2, 0.25) is 0 Å².